The predicted octanol–water partition coefficient (Wildman–Crippen LogP) is 2.28. The number of nitriles is 1. The molecule has 78 valence electrons. The first kappa shape index (κ1) is 9.78. The second kappa shape index (κ2) is 3.13. The van der Waals surface area contributed by atoms with Crippen molar-refractivity contribution in [2.24, 2.45) is 0 Å². The lowest BCUT2D eigenvalue weighted by atomic mass is 10.1. The molecule has 1 heterocycles. The number of nitrogens with one attached hydrogen (secondary N) is 1. The van der Waals surface area contributed by atoms with Crippen molar-refractivity contribution in [2.75, 3.05) is 11.9 Å². The summed E-state index contributed by atoms with van der Waals surface area (Å²) in [6.45, 7) is 4.47. The summed E-state index contributed by atoms with van der Waals surface area (Å²) in [4.78, 5) is 0. The number of fused-ring (bicyclic) bond motifs is 1. The van der Waals surface area contributed by atoms with Crippen LogP contribution >= 0.6 is 0 Å². The van der Waals surface area contributed by atoms with Crippen LogP contribution in [0.4, 0.5) is 10.1 Å². The molecule has 1 aliphatic rings. The normalized spacial score (nSPS) is 16.9. The predicted molar refractivity (Wildman–Crippen MR) is 54.3 cm³/mol. The van der Waals surface area contributed by atoms with Gasteiger partial charge in [0, 0.05) is 6.07 Å². The first-order valence-corrected chi connectivity index (χ1v) is 4.68. The standard InChI is InChI=1S/C11H11FN2O/c1-11(2)6-14-9-3-7(5-13)8(12)4-10(9)15-11/h3-4,14H,6H2,1-2H3. The number of halogens is 1. The molecule has 1 aromatic rings. The lowest BCUT2D eigenvalue weighted by molar-refractivity contribution is 0.115. The van der Waals surface area contributed by atoms with E-state index < -0.39 is 5.82 Å². The number of ether oxygens (including phenoxy) is 1. The number of benzene rings is 1. The SMILES string of the molecule is CC1(C)CNc2cc(C#N)c(F)cc2O1. The molecule has 0 unspecified atom stereocenters. The Morgan fingerprint density at radius 1 is 1.53 bits per heavy atom. The first-order chi connectivity index (χ1) is 7.02. The fourth-order valence-corrected chi connectivity index (χ4v) is 1.51. The molecule has 0 aliphatic carbocycles. The third-order valence-corrected chi connectivity index (χ3v) is 2.28. The second-order valence-electron chi connectivity index (χ2n) is 4.16. The van der Waals surface area contributed by atoms with Gasteiger partial charge in [0.15, 0.2) is 0 Å². The minimum absolute atomic E-state index is 0.0320. The maximum Gasteiger partial charge on any atom is 0.146 e. The summed E-state index contributed by atoms with van der Waals surface area (Å²) in [6, 6.07) is 4.52. The summed E-state index contributed by atoms with van der Waals surface area (Å²) >= 11 is 0. The van der Waals surface area contributed by atoms with Crippen molar-refractivity contribution in [1.29, 1.82) is 5.26 Å². The molecule has 15 heavy (non-hydrogen) atoms. The van der Waals surface area contributed by atoms with Gasteiger partial charge in [-0.25, -0.2) is 4.39 Å². The van der Waals surface area contributed by atoms with Gasteiger partial charge in [-0.05, 0) is 19.9 Å². The van der Waals surface area contributed by atoms with Crippen LogP contribution in [0, 0.1) is 17.1 Å². The number of nitrogens with zero attached hydrogens (tertiary/aromatic N) is 1. The highest BCUT2D eigenvalue weighted by Gasteiger charge is 2.27. The van der Waals surface area contributed by atoms with E-state index in [0.29, 0.717) is 18.0 Å². The van der Waals surface area contributed by atoms with E-state index in [2.05, 4.69) is 5.32 Å². The zero-order valence-electron chi connectivity index (χ0n) is 8.60. The van der Waals surface area contributed by atoms with E-state index in [1.165, 1.54) is 12.1 Å². The Kier molecular flexibility index (Phi) is 2.04. The molecule has 1 N–H and O–H groups in total. The van der Waals surface area contributed by atoms with E-state index in [1.807, 2.05) is 13.8 Å². The van der Waals surface area contributed by atoms with Crippen LogP contribution < -0.4 is 10.1 Å². The Hall–Kier alpha value is -1.76. The van der Waals surface area contributed by atoms with Crippen molar-refractivity contribution in [3.63, 3.8) is 0 Å². The zero-order chi connectivity index (χ0) is 11.1. The summed E-state index contributed by atoms with van der Waals surface area (Å²) in [5.41, 5.74) is 0.352. The van der Waals surface area contributed by atoms with Gasteiger partial charge in [-0.3, -0.25) is 0 Å². The largest absolute Gasteiger partial charge is 0.484 e. The average molecular weight is 206 g/mol. The quantitative estimate of drug-likeness (QED) is 0.708. The number of hydrogen-bond acceptors (Lipinski definition) is 3. The van der Waals surface area contributed by atoms with Crippen LogP contribution in [0.1, 0.15) is 19.4 Å². The summed E-state index contributed by atoms with van der Waals surface area (Å²) in [6.07, 6.45) is 0. The third kappa shape index (κ3) is 1.73. The van der Waals surface area contributed by atoms with Crippen LogP contribution in [0.15, 0.2) is 12.1 Å². The molecular weight excluding hydrogens is 195 g/mol. The van der Waals surface area contributed by atoms with Gasteiger partial charge < -0.3 is 10.1 Å². The molecule has 1 aliphatic heterocycles. The Morgan fingerprint density at radius 3 is 2.93 bits per heavy atom. The molecule has 0 aromatic heterocycles. The fraction of sp³-hybridized carbons (Fsp3) is 0.364. The van der Waals surface area contributed by atoms with Crippen molar-refractivity contribution in [3.8, 4) is 11.8 Å². The van der Waals surface area contributed by atoms with Crippen LogP contribution in [-0.2, 0) is 0 Å². The van der Waals surface area contributed by atoms with Crippen LogP contribution in [0.2, 0.25) is 0 Å². The lowest BCUT2D eigenvalue weighted by Crippen LogP contribution is -2.40. The van der Waals surface area contributed by atoms with E-state index >= 15 is 0 Å². The Bertz CT molecular complexity index is 449. The van der Waals surface area contributed by atoms with Gasteiger partial charge in [-0.1, -0.05) is 0 Å². The minimum Gasteiger partial charge on any atom is -0.484 e. The monoisotopic (exact) mass is 206 g/mol. The van der Waals surface area contributed by atoms with Gasteiger partial charge in [0.25, 0.3) is 0 Å². The van der Waals surface area contributed by atoms with E-state index in [9.17, 15) is 4.39 Å². The van der Waals surface area contributed by atoms with Crippen LogP contribution in [0.5, 0.6) is 5.75 Å². The van der Waals surface area contributed by atoms with Gasteiger partial charge in [-0.15, -0.1) is 0 Å². The molecular formula is C11H11FN2O. The van der Waals surface area contributed by atoms with E-state index in [0.717, 1.165) is 0 Å². The van der Waals surface area contributed by atoms with Gasteiger partial charge >= 0.3 is 0 Å². The molecule has 0 atom stereocenters. The van der Waals surface area contributed by atoms with Crippen molar-refractivity contribution in [3.05, 3.63) is 23.5 Å². The molecule has 0 saturated heterocycles. The maximum atomic E-state index is 13.3. The number of rotatable bonds is 0. The van der Waals surface area contributed by atoms with Gasteiger partial charge in [0.1, 0.15) is 23.2 Å². The average Bonchev–Trinajstić information content (AvgIpc) is 2.15. The molecule has 0 fully saturated rings. The van der Waals surface area contributed by atoms with Gasteiger partial charge in [0.2, 0.25) is 0 Å². The lowest BCUT2D eigenvalue weighted by Gasteiger charge is -2.33. The minimum atomic E-state index is -0.546. The van der Waals surface area contributed by atoms with Gasteiger partial charge in [-0.2, -0.15) is 5.26 Å². The summed E-state index contributed by atoms with van der Waals surface area (Å²) in [5.74, 6) is -0.0847. The first-order valence-electron chi connectivity index (χ1n) is 4.68. The van der Waals surface area contributed by atoms with E-state index in [4.69, 9.17) is 10.00 Å². The summed E-state index contributed by atoms with van der Waals surface area (Å²) < 4.78 is 18.9. The van der Waals surface area contributed by atoms with Crippen LogP contribution in [0.3, 0.4) is 0 Å². The highest BCUT2D eigenvalue weighted by atomic mass is 19.1. The Balaban J connectivity index is 2.47. The smallest absolute Gasteiger partial charge is 0.146 e. The van der Waals surface area contributed by atoms with Crippen molar-refractivity contribution in [1.82, 2.24) is 0 Å². The van der Waals surface area contributed by atoms with Crippen LogP contribution in [-0.4, -0.2) is 12.1 Å². The van der Waals surface area contributed by atoms with Gasteiger partial charge in [0.05, 0.1) is 17.8 Å². The molecule has 1 aromatic carbocycles. The number of hydrogen-bond donors (Lipinski definition) is 1. The summed E-state index contributed by atoms with van der Waals surface area (Å²) in [7, 11) is 0. The van der Waals surface area contributed by atoms with Crippen molar-refractivity contribution >= 4 is 5.69 Å². The highest BCUT2D eigenvalue weighted by molar-refractivity contribution is 5.62. The van der Waals surface area contributed by atoms with Crippen molar-refractivity contribution < 1.29 is 9.13 Å². The number of anilines is 1. The van der Waals surface area contributed by atoms with Crippen molar-refractivity contribution in [2.45, 2.75) is 19.4 Å². The fourth-order valence-electron chi connectivity index (χ4n) is 1.51. The molecule has 3 nitrogen and oxygen atoms in total. The molecule has 0 radical (unpaired) electrons. The second-order valence-corrected chi connectivity index (χ2v) is 4.16. The molecule has 0 saturated carbocycles. The van der Waals surface area contributed by atoms with E-state index in [-0.39, 0.29) is 11.2 Å². The van der Waals surface area contributed by atoms with Crippen LogP contribution in [0.25, 0.3) is 0 Å². The molecule has 0 amide bonds. The maximum absolute atomic E-state index is 13.3. The zero-order valence-corrected chi connectivity index (χ0v) is 8.60. The third-order valence-electron chi connectivity index (χ3n) is 2.28. The topological polar surface area (TPSA) is 45.0 Å². The Labute approximate surface area is 87.5 Å². The highest BCUT2D eigenvalue weighted by Crippen LogP contribution is 2.34. The molecule has 0 spiro atoms. The summed E-state index contributed by atoms with van der Waals surface area (Å²) in [5, 5.41) is 11.8. The molecule has 4 heteroatoms. The molecule has 2 rings (SSSR count). The molecule has 0 bridgehead atoms. The van der Waals surface area contributed by atoms with E-state index in [1.54, 1.807) is 6.07 Å². The Morgan fingerprint density at radius 2 is 2.27 bits per heavy atom.